The zero-order chi connectivity index (χ0) is 14.8. The lowest BCUT2D eigenvalue weighted by molar-refractivity contribution is -0.387. The first-order valence-corrected chi connectivity index (χ1v) is 7.25. The third-order valence-electron chi connectivity index (χ3n) is 3.11. The number of nitrogens with one attached hydrogen (secondary N) is 1. The standard InChI is InChI=1S/C15H11FN2O2S/c16-12-7-10(5-6-14(12)18(19)20)9-21-15-8-11-3-1-2-4-13(11)17-15/h1-8,17H,9H2. The summed E-state index contributed by atoms with van der Waals surface area (Å²) < 4.78 is 13.5. The molecule has 0 aliphatic rings. The molecule has 0 unspecified atom stereocenters. The Morgan fingerprint density at radius 1 is 1.19 bits per heavy atom. The summed E-state index contributed by atoms with van der Waals surface area (Å²) in [5.41, 5.74) is 1.27. The Morgan fingerprint density at radius 2 is 2.00 bits per heavy atom. The van der Waals surface area contributed by atoms with Gasteiger partial charge in [-0.1, -0.05) is 24.3 Å². The Bertz CT molecular complexity index is 783. The minimum atomic E-state index is -0.797. The highest BCUT2D eigenvalue weighted by Gasteiger charge is 2.13. The van der Waals surface area contributed by atoms with E-state index < -0.39 is 16.4 Å². The van der Waals surface area contributed by atoms with Crippen LogP contribution in [0.15, 0.2) is 53.6 Å². The van der Waals surface area contributed by atoms with Gasteiger partial charge < -0.3 is 4.98 Å². The van der Waals surface area contributed by atoms with Crippen molar-refractivity contribution in [2.24, 2.45) is 0 Å². The fourth-order valence-corrected chi connectivity index (χ4v) is 2.97. The van der Waals surface area contributed by atoms with Crippen molar-refractivity contribution in [3.63, 3.8) is 0 Å². The molecule has 0 radical (unpaired) electrons. The zero-order valence-electron chi connectivity index (χ0n) is 10.9. The molecule has 0 fully saturated rings. The highest BCUT2D eigenvalue weighted by atomic mass is 32.2. The number of H-pyrrole nitrogens is 1. The second-order valence-corrected chi connectivity index (χ2v) is 5.57. The fourth-order valence-electron chi connectivity index (χ4n) is 2.07. The molecule has 0 amide bonds. The van der Waals surface area contributed by atoms with E-state index in [-0.39, 0.29) is 0 Å². The maximum absolute atomic E-state index is 13.5. The van der Waals surface area contributed by atoms with E-state index in [2.05, 4.69) is 4.98 Å². The van der Waals surface area contributed by atoms with E-state index >= 15 is 0 Å². The van der Waals surface area contributed by atoms with Crippen LogP contribution in [0, 0.1) is 15.9 Å². The van der Waals surface area contributed by atoms with Crippen molar-refractivity contribution in [3.8, 4) is 0 Å². The molecule has 0 aliphatic heterocycles. The lowest BCUT2D eigenvalue weighted by Crippen LogP contribution is -1.93. The third-order valence-corrected chi connectivity index (χ3v) is 4.12. The minimum absolute atomic E-state index is 0.491. The van der Waals surface area contributed by atoms with Crippen LogP contribution in [-0.4, -0.2) is 9.91 Å². The Balaban J connectivity index is 1.75. The minimum Gasteiger partial charge on any atom is -0.350 e. The highest BCUT2D eigenvalue weighted by Crippen LogP contribution is 2.27. The number of rotatable bonds is 4. The van der Waals surface area contributed by atoms with E-state index in [1.807, 2.05) is 30.3 Å². The van der Waals surface area contributed by atoms with Crippen LogP contribution in [0.2, 0.25) is 0 Å². The Morgan fingerprint density at radius 3 is 2.71 bits per heavy atom. The molecule has 0 spiro atoms. The molecule has 106 valence electrons. The number of fused-ring (bicyclic) bond motifs is 1. The van der Waals surface area contributed by atoms with Gasteiger partial charge in [0.05, 0.1) is 9.95 Å². The molecule has 6 heteroatoms. The van der Waals surface area contributed by atoms with Crippen LogP contribution in [0.5, 0.6) is 0 Å². The van der Waals surface area contributed by atoms with Gasteiger partial charge in [0.1, 0.15) is 0 Å². The molecule has 2 aromatic carbocycles. The lowest BCUT2D eigenvalue weighted by atomic mass is 10.2. The van der Waals surface area contributed by atoms with E-state index in [0.29, 0.717) is 11.3 Å². The number of benzene rings is 2. The number of nitro groups is 1. The van der Waals surface area contributed by atoms with Crippen molar-refractivity contribution in [2.45, 2.75) is 10.8 Å². The maximum Gasteiger partial charge on any atom is 0.304 e. The number of nitrogens with zero attached hydrogens (tertiary/aromatic N) is 1. The van der Waals surface area contributed by atoms with E-state index in [1.165, 1.54) is 23.9 Å². The number of aromatic amines is 1. The third kappa shape index (κ3) is 2.90. The Kier molecular flexibility index (Phi) is 3.62. The maximum atomic E-state index is 13.5. The molecule has 1 aromatic heterocycles. The van der Waals surface area contributed by atoms with Crippen LogP contribution >= 0.6 is 11.8 Å². The SMILES string of the molecule is O=[N+]([O-])c1ccc(CSc2cc3ccccc3[nH]2)cc1F. The predicted molar refractivity (Wildman–Crippen MR) is 80.9 cm³/mol. The number of thioether (sulfide) groups is 1. The summed E-state index contributed by atoms with van der Waals surface area (Å²) in [6.07, 6.45) is 0. The molecular weight excluding hydrogens is 291 g/mol. The summed E-state index contributed by atoms with van der Waals surface area (Å²) in [7, 11) is 0. The molecule has 0 saturated heterocycles. The summed E-state index contributed by atoms with van der Waals surface area (Å²) in [5, 5.41) is 12.7. The molecule has 3 rings (SSSR count). The average molecular weight is 302 g/mol. The van der Waals surface area contributed by atoms with Gasteiger partial charge in [0.2, 0.25) is 5.82 Å². The van der Waals surface area contributed by atoms with Crippen molar-refractivity contribution in [1.82, 2.24) is 4.98 Å². The first-order chi connectivity index (χ1) is 10.1. The van der Waals surface area contributed by atoms with Crippen molar-refractivity contribution in [2.75, 3.05) is 0 Å². The second-order valence-electron chi connectivity index (χ2n) is 4.55. The van der Waals surface area contributed by atoms with E-state index in [9.17, 15) is 14.5 Å². The van der Waals surface area contributed by atoms with Gasteiger partial charge in [0, 0.05) is 22.7 Å². The van der Waals surface area contributed by atoms with Crippen LogP contribution in [0.4, 0.5) is 10.1 Å². The largest absolute Gasteiger partial charge is 0.350 e. The molecule has 0 bridgehead atoms. The number of nitro benzene ring substituents is 1. The van der Waals surface area contributed by atoms with Gasteiger partial charge in [-0.15, -0.1) is 11.8 Å². The summed E-state index contributed by atoms with van der Waals surface area (Å²) in [6, 6.07) is 14.0. The lowest BCUT2D eigenvalue weighted by Gasteiger charge is -2.01. The first-order valence-electron chi connectivity index (χ1n) is 6.27. The van der Waals surface area contributed by atoms with E-state index in [1.54, 1.807) is 6.07 Å². The zero-order valence-corrected chi connectivity index (χ0v) is 11.7. The summed E-state index contributed by atoms with van der Waals surface area (Å²) >= 11 is 1.53. The summed E-state index contributed by atoms with van der Waals surface area (Å²) in [5.74, 6) is -0.253. The van der Waals surface area contributed by atoms with Crippen LogP contribution in [0.1, 0.15) is 5.56 Å². The van der Waals surface area contributed by atoms with Gasteiger partial charge in [-0.3, -0.25) is 10.1 Å². The predicted octanol–water partition coefficient (Wildman–Crippen LogP) is 4.51. The Labute approximate surface area is 124 Å². The van der Waals surface area contributed by atoms with Gasteiger partial charge in [-0.25, -0.2) is 0 Å². The monoisotopic (exact) mass is 302 g/mol. The van der Waals surface area contributed by atoms with Crippen molar-refractivity contribution in [3.05, 3.63) is 70.0 Å². The summed E-state index contributed by atoms with van der Waals surface area (Å²) in [6.45, 7) is 0. The normalized spacial score (nSPS) is 10.9. The molecule has 0 aliphatic carbocycles. The van der Waals surface area contributed by atoms with Gasteiger partial charge >= 0.3 is 5.69 Å². The quantitative estimate of drug-likeness (QED) is 0.438. The topological polar surface area (TPSA) is 58.9 Å². The number of hydrogen-bond acceptors (Lipinski definition) is 3. The number of halogens is 1. The van der Waals surface area contributed by atoms with Gasteiger partial charge in [-0.2, -0.15) is 4.39 Å². The van der Waals surface area contributed by atoms with Gasteiger partial charge in [0.25, 0.3) is 0 Å². The molecule has 0 atom stereocenters. The highest BCUT2D eigenvalue weighted by molar-refractivity contribution is 7.98. The van der Waals surface area contributed by atoms with E-state index in [0.717, 1.165) is 15.9 Å². The van der Waals surface area contributed by atoms with Crippen LogP contribution < -0.4 is 0 Å². The molecular formula is C15H11FN2O2S. The molecule has 4 nitrogen and oxygen atoms in total. The molecule has 21 heavy (non-hydrogen) atoms. The van der Waals surface area contributed by atoms with Crippen molar-refractivity contribution in [1.29, 1.82) is 0 Å². The van der Waals surface area contributed by atoms with Crippen LogP contribution in [0.25, 0.3) is 10.9 Å². The number of para-hydroxylation sites is 1. The van der Waals surface area contributed by atoms with E-state index in [4.69, 9.17) is 0 Å². The van der Waals surface area contributed by atoms with Crippen LogP contribution in [-0.2, 0) is 5.75 Å². The number of aromatic nitrogens is 1. The Hall–Kier alpha value is -2.34. The van der Waals surface area contributed by atoms with Gasteiger partial charge in [0.15, 0.2) is 0 Å². The van der Waals surface area contributed by atoms with Crippen LogP contribution in [0.3, 0.4) is 0 Å². The van der Waals surface area contributed by atoms with Gasteiger partial charge in [-0.05, 0) is 23.8 Å². The molecule has 1 N–H and O–H groups in total. The molecule has 3 aromatic rings. The summed E-state index contributed by atoms with van der Waals surface area (Å²) in [4.78, 5) is 13.1. The van der Waals surface area contributed by atoms with Crippen molar-refractivity contribution >= 4 is 28.4 Å². The molecule has 0 saturated carbocycles. The van der Waals surface area contributed by atoms with Crippen molar-refractivity contribution < 1.29 is 9.31 Å². The first kappa shape index (κ1) is 13.6. The fraction of sp³-hybridized carbons (Fsp3) is 0.0667. The smallest absolute Gasteiger partial charge is 0.304 e. The second kappa shape index (κ2) is 5.57. The number of hydrogen-bond donors (Lipinski definition) is 1. The average Bonchev–Trinajstić information content (AvgIpc) is 2.87. The molecule has 1 heterocycles.